The van der Waals surface area contributed by atoms with E-state index in [2.05, 4.69) is 5.32 Å². The highest BCUT2D eigenvalue weighted by Crippen LogP contribution is 2.22. The van der Waals surface area contributed by atoms with E-state index in [0.717, 1.165) is 0 Å². The number of amides is 1. The van der Waals surface area contributed by atoms with Gasteiger partial charge in [0.25, 0.3) is 0 Å². The number of aliphatic hydroxyl groups is 1. The van der Waals surface area contributed by atoms with Crippen molar-refractivity contribution in [3.8, 4) is 0 Å². The summed E-state index contributed by atoms with van der Waals surface area (Å²) in [5.41, 5.74) is 4.98. The van der Waals surface area contributed by atoms with Gasteiger partial charge in [0, 0.05) is 19.5 Å². The maximum Gasteiger partial charge on any atom is 0.220 e. The summed E-state index contributed by atoms with van der Waals surface area (Å²) < 4.78 is 5.25. The fraction of sp³-hybridized carbons (Fsp3) is 0.909. The Bertz CT molecular complexity index is 222. The lowest BCUT2D eigenvalue weighted by atomic mass is 9.90. The summed E-state index contributed by atoms with van der Waals surface area (Å²) in [6, 6.07) is 0. The van der Waals surface area contributed by atoms with Gasteiger partial charge in [-0.2, -0.15) is 0 Å². The molecule has 0 spiro atoms. The van der Waals surface area contributed by atoms with E-state index in [1.165, 1.54) is 0 Å². The van der Waals surface area contributed by atoms with Crippen LogP contribution < -0.4 is 11.1 Å². The van der Waals surface area contributed by atoms with Crippen molar-refractivity contribution in [2.45, 2.75) is 39.9 Å². The van der Waals surface area contributed by atoms with Crippen molar-refractivity contribution in [1.29, 1.82) is 0 Å². The van der Waals surface area contributed by atoms with Crippen LogP contribution in [0.5, 0.6) is 0 Å². The molecule has 0 radical (unpaired) electrons. The molecule has 0 rings (SSSR count). The number of nitrogens with two attached hydrogens (primary N) is 1. The van der Waals surface area contributed by atoms with Crippen LogP contribution in [0.25, 0.3) is 0 Å². The summed E-state index contributed by atoms with van der Waals surface area (Å²) in [5.74, 6) is -1.21. The average molecular weight is 232 g/mol. The van der Waals surface area contributed by atoms with Crippen LogP contribution in [0.4, 0.5) is 0 Å². The minimum Gasteiger partial charge on any atom is -0.366 e. The summed E-state index contributed by atoms with van der Waals surface area (Å²) in [4.78, 5) is 11.5. The first-order valence-electron chi connectivity index (χ1n) is 5.49. The van der Waals surface area contributed by atoms with Gasteiger partial charge >= 0.3 is 0 Å². The van der Waals surface area contributed by atoms with Gasteiger partial charge in [0.05, 0.1) is 6.61 Å². The molecule has 5 heteroatoms. The smallest absolute Gasteiger partial charge is 0.220 e. The Morgan fingerprint density at radius 3 is 2.38 bits per heavy atom. The lowest BCUT2D eigenvalue weighted by Gasteiger charge is -2.28. The molecule has 0 bridgehead atoms. The molecule has 0 aliphatic heterocycles. The molecule has 4 N–H and O–H groups in total. The van der Waals surface area contributed by atoms with Crippen molar-refractivity contribution in [3.05, 3.63) is 0 Å². The molecule has 0 fully saturated rings. The molecule has 5 nitrogen and oxygen atoms in total. The van der Waals surface area contributed by atoms with Gasteiger partial charge in [-0.05, 0) is 19.3 Å². The molecule has 0 atom stereocenters. The zero-order chi connectivity index (χ0) is 12.8. The number of nitrogens with one attached hydrogen (secondary N) is 1. The van der Waals surface area contributed by atoms with Crippen LogP contribution in [0, 0.1) is 5.41 Å². The highest BCUT2D eigenvalue weighted by molar-refractivity contribution is 5.76. The third-order valence-corrected chi connectivity index (χ3v) is 1.92. The van der Waals surface area contributed by atoms with Crippen LogP contribution in [0.3, 0.4) is 0 Å². The Hall–Kier alpha value is -0.650. The molecule has 0 saturated heterocycles. The first kappa shape index (κ1) is 15.3. The summed E-state index contributed by atoms with van der Waals surface area (Å²) in [7, 11) is 0. The summed E-state index contributed by atoms with van der Waals surface area (Å²) in [5, 5.41) is 12.1. The maximum atomic E-state index is 11.5. The lowest BCUT2D eigenvalue weighted by molar-refractivity contribution is -0.192. The number of rotatable bonds is 7. The number of carbonyl (C=O) groups is 1. The van der Waals surface area contributed by atoms with Crippen LogP contribution in [-0.4, -0.2) is 36.5 Å². The van der Waals surface area contributed by atoms with Crippen molar-refractivity contribution in [1.82, 2.24) is 5.32 Å². The van der Waals surface area contributed by atoms with E-state index in [-0.39, 0.29) is 11.3 Å². The van der Waals surface area contributed by atoms with E-state index in [9.17, 15) is 9.90 Å². The minimum absolute atomic E-state index is 0.0465. The van der Waals surface area contributed by atoms with Crippen LogP contribution in [0.2, 0.25) is 0 Å². The third kappa shape index (κ3) is 8.64. The fourth-order valence-corrected chi connectivity index (χ4v) is 1.13. The molecular weight excluding hydrogens is 208 g/mol. The molecule has 0 aliphatic rings. The monoisotopic (exact) mass is 232 g/mol. The van der Waals surface area contributed by atoms with Gasteiger partial charge in [-0.1, -0.05) is 13.8 Å². The molecular formula is C11H24N2O3. The summed E-state index contributed by atoms with van der Waals surface area (Å²) in [6.45, 7) is 8.22. The van der Waals surface area contributed by atoms with Crippen molar-refractivity contribution in [3.63, 3.8) is 0 Å². The summed E-state index contributed by atoms with van der Waals surface area (Å²) >= 11 is 0. The van der Waals surface area contributed by atoms with Gasteiger partial charge < -0.3 is 20.9 Å². The molecule has 0 aromatic heterocycles. The second-order valence-corrected chi connectivity index (χ2v) is 5.22. The van der Waals surface area contributed by atoms with Crippen molar-refractivity contribution in [2.75, 3.05) is 19.7 Å². The number of ether oxygens (including phenoxy) is 1. The van der Waals surface area contributed by atoms with Gasteiger partial charge in [-0.3, -0.25) is 4.79 Å². The third-order valence-electron chi connectivity index (χ3n) is 1.92. The topological polar surface area (TPSA) is 84.6 Å². The molecule has 0 unspecified atom stereocenters. The predicted molar refractivity (Wildman–Crippen MR) is 62.7 cm³/mol. The Labute approximate surface area is 97.3 Å². The van der Waals surface area contributed by atoms with Gasteiger partial charge in [0.1, 0.15) is 0 Å². The van der Waals surface area contributed by atoms with Crippen LogP contribution in [0.15, 0.2) is 0 Å². The standard InChI is InChI=1S/C11H24N2O3/c1-10(2,8-16-11(3,4)15)7-9(14)13-6-5-12/h15H,5-8,12H2,1-4H3,(H,13,14). The van der Waals surface area contributed by atoms with Gasteiger partial charge in [0.2, 0.25) is 5.91 Å². The number of carbonyl (C=O) groups excluding carboxylic acids is 1. The second kappa shape index (κ2) is 6.18. The normalized spacial score (nSPS) is 12.6. The van der Waals surface area contributed by atoms with E-state index >= 15 is 0 Å². The quantitative estimate of drug-likeness (QED) is 0.548. The van der Waals surface area contributed by atoms with Gasteiger partial charge in [-0.15, -0.1) is 0 Å². The van der Waals surface area contributed by atoms with E-state index in [4.69, 9.17) is 10.5 Å². The highest BCUT2D eigenvalue weighted by atomic mass is 16.6. The van der Waals surface area contributed by atoms with Crippen molar-refractivity contribution in [2.24, 2.45) is 11.1 Å². The average Bonchev–Trinajstić information content (AvgIpc) is 2.10. The van der Waals surface area contributed by atoms with E-state index in [1.807, 2.05) is 13.8 Å². The first-order valence-corrected chi connectivity index (χ1v) is 5.49. The first-order chi connectivity index (χ1) is 7.16. The molecule has 0 aromatic carbocycles. The zero-order valence-electron chi connectivity index (χ0n) is 10.7. The molecule has 0 aliphatic carbocycles. The van der Waals surface area contributed by atoms with Crippen LogP contribution >= 0.6 is 0 Å². The van der Waals surface area contributed by atoms with Crippen molar-refractivity contribution >= 4 is 5.91 Å². The van der Waals surface area contributed by atoms with Crippen molar-refractivity contribution < 1.29 is 14.6 Å². The number of hydrogen-bond acceptors (Lipinski definition) is 4. The molecule has 0 aromatic rings. The van der Waals surface area contributed by atoms with Gasteiger partial charge in [-0.25, -0.2) is 0 Å². The van der Waals surface area contributed by atoms with E-state index < -0.39 is 5.79 Å². The summed E-state index contributed by atoms with van der Waals surface area (Å²) in [6.07, 6.45) is 0.350. The molecule has 0 saturated carbocycles. The molecule has 0 heterocycles. The largest absolute Gasteiger partial charge is 0.366 e. The maximum absolute atomic E-state index is 11.5. The SMILES string of the molecule is CC(C)(COC(C)(C)O)CC(=O)NCCN. The molecule has 96 valence electrons. The highest BCUT2D eigenvalue weighted by Gasteiger charge is 2.25. The fourth-order valence-electron chi connectivity index (χ4n) is 1.13. The Kier molecular flexibility index (Phi) is 5.92. The van der Waals surface area contributed by atoms with E-state index in [1.54, 1.807) is 13.8 Å². The Morgan fingerprint density at radius 1 is 1.38 bits per heavy atom. The molecule has 1 amide bonds. The predicted octanol–water partition coefficient (Wildman–Crippen LogP) is 0.223. The Balaban J connectivity index is 3.99. The van der Waals surface area contributed by atoms with Crippen LogP contribution in [-0.2, 0) is 9.53 Å². The second-order valence-electron chi connectivity index (χ2n) is 5.22. The van der Waals surface area contributed by atoms with Gasteiger partial charge in [0.15, 0.2) is 5.79 Å². The van der Waals surface area contributed by atoms with Crippen LogP contribution in [0.1, 0.15) is 34.1 Å². The molecule has 16 heavy (non-hydrogen) atoms. The number of hydrogen-bond donors (Lipinski definition) is 3. The Morgan fingerprint density at radius 2 is 1.94 bits per heavy atom. The zero-order valence-corrected chi connectivity index (χ0v) is 10.7. The van der Waals surface area contributed by atoms with E-state index in [0.29, 0.717) is 26.1 Å². The lowest BCUT2D eigenvalue weighted by Crippen LogP contribution is -2.36. The minimum atomic E-state index is -1.16.